The molecule has 7 heteroatoms. The molecular weight excluding hydrogens is 386 g/mol. The average molecular weight is 418 g/mol. The topological polar surface area (TPSA) is 53.1 Å². The molecule has 0 N–H and O–H groups in total. The lowest BCUT2D eigenvalue weighted by atomic mass is 9.85. The van der Waals surface area contributed by atoms with E-state index in [-0.39, 0.29) is 11.9 Å². The number of nitrogens with zero attached hydrogens (tertiary/aromatic N) is 3. The van der Waals surface area contributed by atoms with Gasteiger partial charge in [-0.1, -0.05) is 30.3 Å². The van der Waals surface area contributed by atoms with Crippen LogP contribution in [0.2, 0.25) is 0 Å². The van der Waals surface area contributed by atoms with Gasteiger partial charge in [0.25, 0.3) is 5.91 Å². The molecule has 0 aromatic heterocycles. The number of benzene rings is 1. The van der Waals surface area contributed by atoms with Gasteiger partial charge in [-0.25, -0.2) is 4.79 Å². The molecule has 29 heavy (non-hydrogen) atoms. The second-order valence-corrected chi connectivity index (χ2v) is 9.35. The standard InChI is InChI=1S/C22H31N3O3S/c1-28-15-14-24-20(26)22(9-12-23(13-10-22)19-8-16-29-17-19)25(21(24)27)11-7-18-5-3-2-4-6-18/h2-6,19H,7-17H2,1H3/t19-/m0/s1. The molecule has 6 nitrogen and oxygen atoms in total. The predicted octanol–water partition coefficient (Wildman–Crippen LogP) is 2.48. The maximum absolute atomic E-state index is 13.4. The monoisotopic (exact) mass is 417 g/mol. The van der Waals surface area contributed by atoms with Crippen LogP contribution in [0.4, 0.5) is 4.79 Å². The van der Waals surface area contributed by atoms with Gasteiger partial charge in [0.05, 0.1) is 13.2 Å². The van der Waals surface area contributed by atoms with Crippen LogP contribution in [-0.4, -0.2) is 89.6 Å². The molecule has 3 aliphatic heterocycles. The Bertz CT molecular complexity index is 715. The van der Waals surface area contributed by atoms with Crippen molar-refractivity contribution >= 4 is 23.7 Å². The van der Waals surface area contributed by atoms with E-state index < -0.39 is 5.54 Å². The van der Waals surface area contributed by atoms with Gasteiger partial charge in [-0.2, -0.15) is 11.8 Å². The van der Waals surface area contributed by atoms with E-state index in [1.165, 1.54) is 28.4 Å². The second-order valence-electron chi connectivity index (χ2n) is 8.20. The molecule has 1 atom stereocenters. The zero-order valence-electron chi connectivity index (χ0n) is 17.2. The summed E-state index contributed by atoms with van der Waals surface area (Å²) in [6.45, 7) is 3.08. The minimum absolute atomic E-state index is 0.0203. The molecule has 0 saturated carbocycles. The molecule has 1 aromatic carbocycles. The van der Waals surface area contributed by atoms with Crippen LogP contribution in [0.15, 0.2) is 30.3 Å². The molecule has 3 heterocycles. The number of imide groups is 1. The van der Waals surface area contributed by atoms with Crippen LogP contribution < -0.4 is 0 Å². The highest BCUT2D eigenvalue weighted by Gasteiger charge is 2.57. The summed E-state index contributed by atoms with van der Waals surface area (Å²) in [6, 6.07) is 10.7. The fourth-order valence-corrected chi connectivity index (χ4v) is 6.17. The van der Waals surface area contributed by atoms with Crippen molar-refractivity contribution in [3.05, 3.63) is 35.9 Å². The molecule has 1 spiro atoms. The zero-order valence-corrected chi connectivity index (χ0v) is 18.0. The molecule has 3 aliphatic rings. The Balaban J connectivity index is 1.51. The van der Waals surface area contributed by atoms with Gasteiger partial charge in [0.15, 0.2) is 0 Å². The minimum atomic E-state index is -0.679. The SMILES string of the molecule is COCCN1C(=O)N(CCc2ccccc2)C2(CCN([C@H]3CCSC3)CC2)C1=O. The molecule has 0 radical (unpaired) electrons. The Morgan fingerprint density at radius 2 is 1.90 bits per heavy atom. The Hall–Kier alpha value is -1.57. The summed E-state index contributed by atoms with van der Waals surface area (Å²) in [5.41, 5.74) is 0.514. The maximum atomic E-state index is 13.4. The highest BCUT2D eigenvalue weighted by molar-refractivity contribution is 7.99. The number of carbonyl (C=O) groups excluding carboxylic acids is 2. The van der Waals surface area contributed by atoms with Gasteiger partial charge in [0, 0.05) is 38.5 Å². The predicted molar refractivity (Wildman–Crippen MR) is 115 cm³/mol. The van der Waals surface area contributed by atoms with E-state index in [0.29, 0.717) is 25.7 Å². The van der Waals surface area contributed by atoms with Gasteiger partial charge in [-0.15, -0.1) is 0 Å². The summed E-state index contributed by atoms with van der Waals surface area (Å²) in [4.78, 5) is 32.5. The van der Waals surface area contributed by atoms with Crippen LogP contribution in [0, 0.1) is 0 Å². The van der Waals surface area contributed by atoms with E-state index in [2.05, 4.69) is 17.0 Å². The van der Waals surface area contributed by atoms with Crippen LogP contribution in [0.5, 0.6) is 0 Å². The van der Waals surface area contributed by atoms with E-state index >= 15 is 0 Å². The van der Waals surface area contributed by atoms with E-state index in [1.54, 1.807) is 7.11 Å². The van der Waals surface area contributed by atoms with Gasteiger partial charge in [0.1, 0.15) is 5.54 Å². The van der Waals surface area contributed by atoms with Crippen LogP contribution in [0.1, 0.15) is 24.8 Å². The first-order chi connectivity index (χ1) is 14.2. The van der Waals surface area contributed by atoms with Gasteiger partial charge < -0.3 is 9.64 Å². The summed E-state index contributed by atoms with van der Waals surface area (Å²) in [5, 5.41) is 0. The molecule has 1 aromatic rings. The lowest BCUT2D eigenvalue weighted by molar-refractivity contribution is -0.136. The summed E-state index contributed by atoms with van der Waals surface area (Å²) in [5.74, 6) is 2.41. The first-order valence-electron chi connectivity index (χ1n) is 10.6. The van der Waals surface area contributed by atoms with Gasteiger partial charge >= 0.3 is 6.03 Å². The lowest BCUT2D eigenvalue weighted by Crippen LogP contribution is -2.58. The Morgan fingerprint density at radius 3 is 2.55 bits per heavy atom. The molecule has 4 rings (SSSR count). The molecule has 3 saturated heterocycles. The van der Waals surface area contributed by atoms with Crippen molar-refractivity contribution in [3.8, 4) is 0 Å². The minimum Gasteiger partial charge on any atom is -0.383 e. The number of hydrogen-bond donors (Lipinski definition) is 0. The van der Waals surface area contributed by atoms with Gasteiger partial charge in [-0.3, -0.25) is 14.6 Å². The van der Waals surface area contributed by atoms with Crippen LogP contribution >= 0.6 is 11.8 Å². The van der Waals surface area contributed by atoms with Crippen LogP contribution in [-0.2, 0) is 16.0 Å². The van der Waals surface area contributed by atoms with E-state index in [1.807, 2.05) is 34.9 Å². The number of ether oxygens (including phenoxy) is 1. The number of thioether (sulfide) groups is 1. The largest absolute Gasteiger partial charge is 0.383 e. The third kappa shape index (κ3) is 4.05. The second kappa shape index (κ2) is 9.06. The van der Waals surface area contributed by atoms with E-state index in [4.69, 9.17) is 4.74 Å². The molecule has 158 valence electrons. The van der Waals surface area contributed by atoms with Crippen molar-refractivity contribution in [2.24, 2.45) is 0 Å². The third-order valence-electron chi connectivity index (χ3n) is 6.65. The number of carbonyl (C=O) groups is 2. The third-order valence-corrected chi connectivity index (χ3v) is 7.80. The first kappa shape index (κ1) is 20.7. The van der Waals surface area contributed by atoms with Crippen molar-refractivity contribution < 1.29 is 14.3 Å². The van der Waals surface area contributed by atoms with E-state index in [9.17, 15) is 9.59 Å². The fourth-order valence-electron chi connectivity index (χ4n) is 4.91. The quantitative estimate of drug-likeness (QED) is 0.638. The molecule has 3 amide bonds. The smallest absolute Gasteiger partial charge is 0.327 e. The Labute approximate surface area is 177 Å². The maximum Gasteiger partial charge on any atom is 0.327 e. The Morgan fingerprint density at radius 1 is 1.14 bits per heavy atom. The molecular formula is C22H31N3O3S. The van der Waals surface area contributed by atoms with E-state index in [0.717, 1.165) is 32.4 Å². The summed E-state index contributed by atoms with van der Waals surface area (Å²) in [7, 11) is 1.60. The molecule has 3 fully saturated rings. The van der Waals surface area contributed by atoms with Crippen LogP contribution in [0.3, 0.4) is 0 Å². The molecule has 0 aliphatic carbocycles. The van der Waals surface area contributed by atoms with Crippen molar-refractivity contribution in [3.63, 3.8) is 0 Å². The number of amides is 3. The summed E-state index contributed by atoms with van der Waals surface area (Å²) < 4.78 is 5.15. The Kier molecular flexibility index (Phi) is 6.47. The van der Waals surface area contributed by atoms with Gasteiger partial charge in [0.2, 0.25) is 0 Å². The number of rotatable bonds is 7. The zero-order chi connectivity index (χ0) is 20.3. The molecule has 0 bridgehead atoms. The van der Waals surface area contributed by atoms with Gasteiger partial charge in [-0.05, 0) is 37.0 Å². The number of likely N-dealkylation sites (tertiary alicyclic amines) is 1. The van der Waals surface area contributed by atoms with Crippen molar-refractivity contribution in [1.29, 1.82) is 0 Å². The van der Waals surface area contributed by atoms with Crippen LogP contribution in [0.25, 0.3) is 0 Å². The lowest BCUT2D eigenvalue weighted by Gasteiger charge is -2.44. The molecule has 0 unspecified atom stereocenters. The normalized spacial score (nSPS) is 24.8. The fraction of sp³-hybridized carbons (Fsp3) is 0.636. The number of methoxy groups -OCH3 is 1. The van der Waals surface area contributed by atoms with Crippen molar-refractivity contribution in [2.75, 3.05) is 51.4 Å². The average Bonchev–Trinajstić information content (AvgIpc) is 3.35. The number of urea groups is 1. The summed E-state index contributed by atoms with van der Waals surface area (Å²) >= 11 is 2.02. The van der Waals surface area contributed by atoms with Crippen molar-refractivity contribution in [1.82, 2.24) is 14.7 Å². The highest BCUT2D eigenvalue weighted by Crippen LogP contribution is 2.39. The highest BCUT2D eigenvalue weighted by atomic mass is 32.2. The number of piperidine rings is 1. The van der Waals surface area contributed by atoms with Crippen molar-refractivity contribution in [2.45, 2.75) is 37.3 Å². The first-order valence-corrected chi connectivity index (χ1v) is 11.8. The number of hydrogen-bond acceptors (Lipinski definition) is 5. The summed E-state index contributed by atoms with van der Waals surface area (Å²) in [6.07, 6.45) is 3.47.